The second-order valence-corrected chi connectivity index (χ2v) is 23.0. The molecule has 6 heteroatoms. The Labute approximate surface area is 516 Å². The summed E-state index contributed by atoms with van der Waals surface area (Å²) >= 11 is 0. The highest BCUT2D eigenvalue weighted by Crippen LogP contribution is 2.50. The Morgan fingerprint density at radius 2 is 0.461 bits per heavy atom. The highest BCUT2D eigenvalue weighted by molar-refractivity contribution is 5.91. The van der Waals surface area contributed by atoms with E-state index in [1.165, 1.54) is 66.8 Å². The van der Waals surface area contributed by atoms with Gasteiger partial charge in [0, 0.05) is 45.6 Å². The second-order valence-electron chi connectivity index (χ2n) is 23.0. The van der Waals surface area contributed by atoms with Gasteiger partial charge < -0.3 is 0 Å². The molecule has 2 aliphatic rings. The first kappa shape index (κ1) is 51.7. The topological polar surface area (TPSA) is 53.5 Å². The van der Waals surface area contributed by atoms with Crippen LogP contribution in [0.15, 0.2) is 328 Å². The monoisotopic (exact) mass is 1140 g/mol. The van der Waals surface area contributed by atoms with E-state index >= 15 is 0 Å². The third kappa shape index (κ3) is 8.91. The van der Waals surface area contributed by atoms with E-state index in [1.54, 1.807) is 0 Å². The molecule has 3 heterocycles. The van der Waals surface area contributed by atoms with Gasteiger partial charge in [-0.2, -0.15) is 0 Å². The third-order valence-electron chi connectivity index (χ3n) is 17.9. The fraction of sp³-hybridized carbons (Fsp3) is 0.0241. The molecule has 6 nitrogen and oxygen atoms in total. The Hall–Kier alpha value is -11.7. The summed E-state index contributed by atoms with van der Waals surface area (Å²) in [4.78, 5) is 15.9. The Kier molecular flexibility index (Phi) is 12.6. The van der Waals surface area contributed by atoms with E-state index in [2.05, 4.69) is 305 Å². The molecule has 0 fully saturated rings. The number of imidazole rings is 3. The summed E-state index contributed by atoms with van der Waals surface area (Å²) in [5.41, 5.74) is 28.2. The van der Waals surface area contributed by atoms with Crippen LogP contribution in [0.4, 0.5) is 0 Å². The van der Waals surface area contributed by atoms with E-state index in [1.807, 2.05) is 36.4 Å². The number of nitrogens with zero attached hydrogens (tertiary/aromatic N) is 6. The maximum absolute atomic E-state index is 5.28. The van der Waals surface area contributed by atoms with Gasteiger partial charge in [-0.05, 0) is 158 Å². The van der Waals surface area contributed by atoms with Gasteiger partial charge in [-0.25, -0.2) is 15.0 Å². The van der Waals surface area contributed by atoms with Crippen molar-refractivity contribution >= 4 is 33.1 Å². The average molecular weight is 1140 g/mol. The molecule has 3 aromatic heterocycles. The van der Waals surface area contributed by atoms with E-state index in [0.717, 1.165) is 84.3 Å². The molecule has 0 saturated carbocycles. The molecule has 418 valence electrons. The summed E-state index contributed by atoms with van der Waals surface area (Å²) in [6.07, 6.45) is 0. The van der Waals surface area contributed by atoms with Crippen molar-refractivity contribution in [2.75, 3.05) is 0 Å². The number of aromatic nitrogens is 6. The minimum atomic E-state index is 0.293. The van der Waals surface area contributed by atoms with Crippen LogP contribution >= 0.6 is 0 Å². The summed E-state index contributed by atoms with van der Waals surface area (Å²) < 4.78 is 6.75. The van der Waals surface area contributed by atoms with Crippen LogP contribution in [0, 0.1) is 0 Å². The summed E-state index contributed by atoms with van der Waals surface area (Å²) in [6.45, 7) is 0. The lowest BCUT2D eigenvalue weighted by molar-refractivity contribution is 1.01. The Bertz CT molecular complexity index is 4760. The zero-order valence-corrected chi connectivity index (χ0v) is 48.5. The normalized spacial score (nSPS) is 12.4. The first-order chi connectivity index (χ1) is 44.2. The largest absolute Gasteiger partial charge is 0.292 e. The van der Waals surface area contributed by atoms with Crippen LogP contribution in [0.3, 0.4) is 0 Å². The zero-order valence-electron chi connectivity index (χ0n) is 48.5. The van der Waals surface area contributed by atoms with Gasteiger partial charge in [0.15, 0.2) is 0 Å². The first-order valence-corrected chi connectivity index (χ1v) is 30.5. The molecule has 18 rings (SSSR count). The van der Waals surface area contributed by atoms with Crippen molar-refractivity contribution in [3.8, 4) is 84.6 Å². The molecular formula is C83H56N6. The summed E-state index contributed by atoms with van der Waals surface area (Å²) in [5.74, 6) is 3.11. The molecule has 0 aliphatic heterocycles. The van der Waals surface area contributed by atoms with Gasteiger partial charge in [-0.15, -0.1) is 0 Å². The van der Waals surface area contributed by atoms with Crippen molar-refractivity contribution in [1.82, 2.24) is 28.7 Å². The van der Waals surface area contributed by atoms with Gasteiger partial charge in [0.1, 0.15) is 17.5 Å². The van der Waals surface area contributed by atoms with Gasteiger partial charge in [0.05, 0.1) is 33.1 Å². The highest BCUT2D eigenvalue weighted by atomic mass is 15.1. The van der Waals surface area contributed by atoms with E-state index in [-0.39, 0.29) is 0 Å². The second kappa shape index (κ2) is 21.7. The first-order valence-electron chi connectivity index (χ1n) is 30.5. The van der Waals surface area contributed by atoms with Gasteiger partial charge in [-0.3, -0.25) is 13.7 Å². The summed E-state index contributed by atoms with van der Waals surface area (Å²) in [7, 11) is 0. The van der Waals surface area contributed by atoms with Crippen LogP contribution in [0.25, 0.3) is 118 Å². The van der Waals surface area contributed by atoms with E-state index in [4.69, 9.17) is 15.0 Å². The van der Waals surface area contributed by atoms with Crippen LogP contribution in [0.2, 0.25) is 0 Å². The van der Waals surface area contributed by atoms with Crippen LogP contribution in [-0.4, -0.2) is 28.7 Å². The fourth-order valence-corrected chi connectivity index (χ4v) is 14.0. The standard InChI is InChI=1S/C45H30N6.C38H26/c1-4-16-34(17-5-1)49-40-25-13-10-22-37(40)46-43(49)31-28-32(44-47-38-23-11-14-26-41(38)50(44)35-18-6-2-7-19-35)30-33(29-31)45-48-39-24-12-15-27-42(39)51(45)36-20-8-3-9-21-36;1-5-13-33-29(9-1)30-10-2-6-14-34(30)37(33)27-21-17-25(18-22-27)26-19-23-28(24-20-26)38-35-15-7-3-11-31(35)32-12-4-8-16-36(32)38/h1-30H;1-24,37-38H. The quantitative estimate of drug-likeness (QED) is 0.145. The molecule has 0 amide bonds. The van der Waals surface area contributed by atoms with E-state index in [0.29, 0.717) is 11.8 Å². The van der Waals surface area contributed by atoms with Crippen molar-refractivity contribution in [2.24, 2.45) is 0 Å². The third-order valence-corrected chi connectivity index (χ3v) is 17.9. The Morgan fingerprint density at radius 1 is 0.213 bits per heavy atom. The number of rotatable bonds is 9. The maximum Gasteiger partial charge on any atom is 0.145 e. The molecule has 0 spiro atoms. The Balaban J connectivity index is 0.000000144. The SMILES string of the molecule is c1ccc(-n2c(-c3cc(-c4nc5ccccc5n4-c4ccccc4)cc(-c4nc5ccccc5n4-c4ccccc4)c3)nc3ccccc32)cc1.c1ccc2c(c1)-c1ccccc1C2c1ccc(-c2ccc(C3c4ccccc4-c4ccccc43)cc2)cc1. The fourth-order valence-electron chi connectivity index (χ4n) is 14.0. The van der Waals surface area contributed by atoms with Gasteiger partial charge in [-0.1, -0.05) is 237 Å². The summed E-state index contributed by atoms with van der Waals surface area (Å²) in [6, 6.07) is 117. The lowest BCUT2D eigenvalue weighted by atomic mass is 9.87. The number of fused-ring (bicyclic) bond motifs is 9. The number of para-hydroxylation sites is 9. The molecule has 13 aromatic carbocycles. The van der Waals surface area contributed by atoms with Crippen LogP contribution in [-0.2, 0) is 0 Å². The molecule has 0 unspecified atom stereocenters. The van der Waals surface area contributed by atoms with Crippen molar-refractivity contribution in [3.63, 3.8) is 0 Å². The minimum Gasteiger partial charge on any atom is -0.292 e. The van der Waals surface area contributed by atoms with Gasteiger partial charge in [0.25, 0.3) is 0 Å². The molecule has 0 N–H and O–H groups in total. The van der Waals surface area contributed by atoms with Crippen molar-refractivity contribution in [1.29, 1.82) is 0 Å². The van der Waals surface area contributed by atoms with E-state index < -0.39 is 0 Å². The molecule has 0 atom stereocenters. The lowest BCUT2D eigenvalue weighted by Gasteiger charge is -2.16. The molecule has 89 heavy (non-hydrogen) atoms. The summed E-state index contributed by atoms with van der Waals surface area (Å²) in [5, 5.41) is 0. The van der Waals surface area contributed by atoms with Gasteiger partial charge >= 0.3 is 0 Å². The molecule has 0 saturated heterocycles. The predicted octanol–water partition coefficient (Wildman–Crippen LogP) is 20.4. The van der Waals surface area contributed by atoms with Crippen LogP contribution in [0.1, 0.15) is 45.2 Å². The molecule has 0 radical (unpaired) electrons. The molecular weight excluding hydrogens is 1080 g/mol. The smallest absolute Gasteiger partial charge is 0.145 e. The Morgan fingerprint density at radius 3 is 0.753 bits per heavy atom. The lowest BCUT2D eigenvalue weighted by Crippen LogP contribution is -2.02. The maximum atomic E-state index is 5.28. The van der Waals surface area contributed by atoms with Crippen LogP contribution in [0.5, 0.6) is 0 Å². The molecule has 16 aromatic rings. The van der Waals surface area contributed by atoms with Crippen molar-refractivity contribution < 1.29 is 0 Å². The average Bonchev–Trinajstić information content (AvgIpc) is 2.65. The predicted molar refractivity (Wildman–Crippen MR) is 364 cm³/mol. The number of hydrogen-bond donors (Lipinski definition) is 0. The molecule has 2 aliphatic carbocycles. The van der Waals surface area contributed by atoms with Crippen molar-refractivity contribution in [2.45, 2.75) is 11.8 Å². The number of hydrogen-bond acceptors (Lipinski definition) is 3. The zero-order chi connectivity index (χ0) is 58.8. The van der Waals surface area contributed by atoms with Gasteiger partial charge in [0.2, 0.25) is 0 Å². The van der Waals surface area contributed by atoms with Crippen LogP contribution < -0.4 is 0 Å². The van der Waals surface area contributed by atoms with Crippen molar-refractivity contribution in [3.05, 3.63) is 361 Å². The minimum absolute atomic E-state index is 0.293. The highest BCUT2D eigenvalue weighted by Gasteiger charge is 2.31. The van der Waals surface area contributed by atoms with E-state index in [9.17, 15) is 0 Å². The number of benzene rings is 13. The molecule has 0 bridgehead atoms.